The number of pyridine rings is 1. The van der Waals surface area contributed by atoms with E-state index in [1.807, 2.05) is 6.07 Å². The van der Waals surface area contributed by atoms with Gasteiger partial charge in [-0.2, -0.15) is 5.26 Å². The van der Waals surface area contributed by atoms with E-state index in [0.717, 1.165) is 0 Å². The Balaban J connectivity index is 2.02. The normalized spacial score (nSPS) is 10.6. The van der Waals surface area contributed by atoms with Crippen LogP contribution in [0.3, 0.4) is 0 Å². The second-order valence-corrected chi connectivity index (χ2v) is 7.73. The van der Waals surface area contributed by atoms with Crippen molar-refractivity contribution < 1.29 is 19.3 Å². The topological polar surface area (TPSA) is 126 Å². The number of hydrogen-bond acceptors (Lipinski definition) is 7. The van der Waals surface area contributed by atoms with Gasteiger partial charge in [-0.15, -0.1) is 0 Å². The van der Waals surface area contributed by atoms with Crippen LogP contribution in [-0.2, 0) is 0 Å². The molecule has 154 valence electrons. The lowest BCUT2D eigenvalue weighted by atomic mass is 9.96. The number of carbonyl (C=O) groups is 1. The zero-order valence-electron chi connectivity index (χ0n) is 16.9. The number of hydrogen-bond donors (Lipinski definition) is 2. The first-order chi connectivity index (χ1) is 15.0. The lowest BCUT2D eigenvalue weighted by molar-refractivity contribution is -0.323. The highest BCUT2D eigenvalue weighted by molar-refractivity contribution is 7.21. The van der Waals surface area contributed by atoms with E-state index in [2.05, 4.69) is 11.1 Å². The molecule has 2 aromatic heterocycles. The number of methoxy groups -OCH3 is 2. The van der Waals surface area contributed by atoms with Crippen molar-refractivity contribution in [1.82, 2.24) is 0 Å². The summed E-state index contributed by atoms with van der Waals surface area (Å²) in [6.45, 7) is 0. The van der Waals surface area contributed by atoms with Gasteiger partial charge in [0.15, 0.2) is 16.3 Å². The third kappa shape index (κ3) is 3.31. The fraction of sp³-hybridized carbons (Fsp3) is 0.0870. The lowest BCUT2D eigenvalue weighted by Gasteiger charge is -2.11. The zero-order chi connectivity index (χ0) is 22.1. The number of aromatic amines is 1. The molecule has 0 saturated heterocycles. The van der Waals surface area contributed by atoms with Gasteiger partial charge >= 0.3 is 0 Å². The van der Waals surface area contributed by atoms with Crippen LogP contribution in [0.2, 0.25) is 0 Å². The first-order valence-electron chi connectivity index (χ1n) is 9.29. The van der Waals surface area contributed by atoms with Crippen molar-refractivity contribution in [2.75, 3.05) is 25.7 Å². The van der Waals surface area contributed by atoms with Crippen molar-refractivity contribution in [1.29, 1.82) is 5.26 Å². The molecule has 0 saturated carbocycles. The summed E-state index contributed by atoms with van der Waals surface area (Å²) in [5, 5.41) is 10.4. The summed E-state index contributed by atoms with van der Waals surface area (Å²) in [4.78, 5) is 17.1. The van der Waals surface area contributed by atoms with E-state index in [4.69, 9.17) is 20.9 Å². The van der Waals surface area contributed by atoms with E-state index in [1.165, 1.54) is 18.4 Å². The summed E-state index contributed by atoms with van der Waals surface area (Å²) in [6.07, 6.45) is 0. The Morgan fingerprint density at radius 3 is 2.42 bits per heavy atom. The molecular weight excluding hydrogens is 412 g/mol. The summed E-state index contributed by atoms with van der Waals surface area (Å²) in [6, 6.07) is 16.4. The van der Waals surface area contributed by atoms with Crippen LogP contribution in [0.1, 0.15) is 20.8 Å². The minimum absolute atomic E-state index is 0.192. The molecule has 0 amide bonds. The van der Waals surface area contributed by atoms with Crippen LogP contribution in [0.5, 0.6) is 11.5 Å². The number of rotatable bonds is 5. The van der Waals surface area contributed by atoms with Crippen molar-refractivity contribution in [2.45, 2.75) is 0 Å². The summed E-state index contributed by atoms with van der Waals surface area (Å²) in [5.41, 5.74) is 14.9. The fourth-order valence-electron chi connectivity index (χ4n) is 3.51. The number of H-pyrrole nitrogens is 1. The Morgan fingerprint density at radius 2 is 1.77 bits per heavy atom. The maximum Gasteiger partial charge on any atom is 0.290 e. The van der Waals surface area contributed by atoms with Crippen LogP contribution in [0, 0.1) is 11.3 Å². The van der Waals surface area contributed by atoms with Gasteiger partial charge in [0.2, 0.25) is 5.78 Å². The minimum atomic E-state index is -0.192. The van der Waals surface area contributed by atoms with Crippen molar-refractivity contribution in [3.8, 4) is 28.7 Å². The van der Waals surface area contributed by atoms with Crippen LogP contribution in [0.15, 0.2) is 48.5 Å². The van der Waals surface area contributed by atoms with E-state index in [0.29, 0.717) is 49.0 Å². The Hall–Kier alpha value is -4.09. The van der Waals surface area contributed by atoms with Crippen molar-refractivity contribution in [3.05, 3.63) is 64.5 Å². The first-order valence-corrected chi connectivity index (χ1v) is 10.1. The van der Waals surface area contributed by atoms with Gasteiger partial charge in [0.1, 0.15) is 16.5 Å². The molecule has 0 spiro atoms. The molecular formula is C23H19N4O3S+. The quantitative estimate of drug-likeness (QED) is 0.465. The molecule has 0 atom stereocenters. The van der Waals surface area contributed by atoms with Gasteiger partial charge in [-0.1, -0.05) is 47.7 Å². The molecule has 0 radical (unpaired) electrons. The number of nitrogens with two attached hydrogens (primary N) is 2. The predicted molar refractivity (Wildman–Crippen MR) is 120 cm³/mol. The van der Waals surface area contributed by atoms with Gasteiger partial charge in [-0.05, 0) is 17.7 Å². The maximum absolute atomic E-state index is 13.1. The number of anilines is 2. The molecule has 0 fully saturated rings. The molecule has 7 nitrogen and oxygen atoms in total. The number of nitriles is 1. The SMILES string of the molecule is COc1ccc(-c2c(C#N)c(N)[nH+]c3sc(C(=O)c4ccccc4)c(N)c23)cc1OC. The smallest absolute Gasteiger partial charge is 0.290 e. The first kappa shape index (κ1) is 20.2. The number of nitrogens with one attached hydrogen (secondary N) is 1. The molecule has 0 aliphatic heterocycles. The average molecular weight is 431 g/mol. The largest absolute Gasteiger partial charge is 0.493 e. The molecule has 0 bridgehead atoms. The summed E-state index contributed by atoms with van der Waals surface area (Å²) >= 11 is 1.21. The molecule has 2 heterocycles. The second kappa shape index (κ2) is 7.97. The van der Waals surface area contributed by atoms with E-state index < -0.39 is 0 Å². The lowest BCUT2D eigenvalue weighted by Crippen LogP contribution is -2.13. The number of carbonyl (C=O) groups excluding carboxylic acids is 1. The molecule has 8 heteroatoms. The molecule has 0 aliphatic rings. The van der Waals surface area contributed by atoms with E-state index in [9.17, 15) is 10.1 Å². The number of aromatic nitrogens is 1. The fourth-order valence-corrected chi connectivity index (χ4v) is 4.61. The molecule has 2 aromatic carbocycles. The van der Waals surface area contributed by atoms with Gasteiger partial charge in [0, 0.05) is 11.1 Å². The number of ketones is 1. The van der Waals surface area contributed by atoms with Gasteiger partial charge in [-0.25, -0.2) is 4.98 Å². The molecule has 4 aromatic rings. The van der Waals surface area contributed by atoms with Crippen molar-refractivity contribution >= 4 is 38.8 Å². The Kier molecular flexibility index (Phi) is 5.19. The number of nitrogen functional groups attached to an aromatic ring is 2. The highest BCUT2D eigenvalue weighted by Crippen LogP contribution is 2.43. The van der Waals surface area contributed by atoms with E-state index in [1.54, 1.807) is 49.6 Å². The predicted octanol–water partition coefficient (Wildman–Crippen LogP) is 3.67. The highest BCUT2D eigenvalue weighted by atomic mass is 32.1. The monoisotopic (exact) mass is 431 g/mol. The molecule has 0 aliphatic carbocycles. The maximum atomic E-state index is 13.1. The third-order valence-electron chi connectivity index (χ3n) is 4.99. The van der Waals surface area contributed by atoms with Crippen LogP contribution < -0.4 is 25.9 Å². The van der Waals surface area contributed by atoms with Crippen molar-refractivity contribution in [3.63, 3.8) is 0 Å². The Morgan fingerprint density at radius 1 is 1.06 bits per heavy atom. The zero-order valence-corrected chi connectivity index (χ0v) is 17.7. The number of benzene rings is 2. The third-order valence-corrected chi connectivity index (χ3v) is 6.11. The van der Waals surface area contributed by atoms with E-state index in [-0.39, 0.29) is 17.2 Å². The van der Waals surface area contributed by atoms with Gasteiger partial charge in [0.05, 0.1) is 25.3 Å². The van der Waals surface area contributed by atoms with Gasteiger partial charge in [-0.3, -0.25) is 10.5 Å². The van der Waals surface area contributed by atoms with Crippen LogP contribution in [0.25, 0.3) is 21.3 Å². The van der Waals surface area contributed by atoms with Gasteiger partial charge < -0.3 is 15.2 Å². The second-order valence-electron chi connectivity index (χ2n) is 6.71. The summed E-state index contributed by atoms with van der Waals surface area (Å²) in [7, 11) is 3.08. The average Bonchev–Trinajstić information content (AvgIpc) is 3.13. The summed E-state index contributed by atoms with van der Waals surface area (Å²) < 4.78 is 10.7. The van der Waals surface area contributed by atoms with Crippen LogP contribution in [-0.4, -0.2) is 20.0 Å². The number of thiophene rings is 1. The Labute approximate surface area is 182 Å². The Bertz CT molecular complexity index is 1360. The van der Waals surface area contributed by atoms with Gasteiger partial charge in [0.25, 0.3) is 5.82 Å². The van der Waals surface area contributed by atoms with Crippen LogP contribution >= 0.6 is 11.3 Å². The molecule has 5 N–H and O–H groups in total. The van der Waals surface area contributed by atoms with Crippen LogP contribution in [0.4, 0.5) is 11.5 Å². The molecule has 31 heavy (non-hydrogen) atoms. The summed E-state index contributed by atoms with van der Waals surface area (Å²) in [5.74, 6) is 1.05. The standard InChI is InChI=1S/C23H18N4O3S/c1-29-15-9-8-13(10-16(15)30-2)17-14(11-24)22(26)27-23-18(17)19(25)21(31-23)20(28)12-6-4-3-5-7-12/h3-10H,25H2,1-2H3,(H2,26,27)/p+1. The molecule has 0 unspecified atom stereocenters. The van der Waals surface area contributed by atoms with Crippen molar-refractivity contribution in [2.24, 2.45) is 0 Å². The number of nitrogens with zero attached hydrogens (tertiary/aromatic N) is 1. The number of ether oxygens (including phenoxy) is 2. The number of fused-ring (bicyclic) bond motifs is 1. The molecule has 4 rings (SSSR count). The highest BCUT2D eigenvalue weighted by Gasteiger charge is 2.27. The minimum Gasteiger partial charge on any atom is -0.493 e. The van der Waals surface area contributed by atoms with E-state index >= 15 is 0 Å².